The molecule has 1 aromatic rings. The molecule has 0 bridgehead atoms. The minimum absolute atomic E-state index is 0.0838. The number of pyridine rings is 1. The zero-order valence-electron chi connectivity index (χ0n) is 9.52. The molecule has 0 atom stereocenters. The lowest BCUT2D eigenvalue weighted by atomic mass is 10.2. The Labute approximate surface area is 95.7 Å². The van der Waals surface area contributed by atoms with Crippen LogP contribution in [0.25, 0.3) is 0 Å². The predicted octanol–water partition coefficient (Wildman–Crippen LogP) is 0.224. The summed E-state index contributed by atoms with van der Waals surface area (Å²) in [5.41, 5.74) is 6.48. The van der Waals surface area contributed by atoms with Crippen LogP contribution in [0.15, 0.2) is 24.5 Å². The lowest BCUT2D eigenvalue weighted by Crippen LogP contribution is -2.40. The van der Waals surface area contributed by atoms with Gasteiger partial charge in [-0.05, 0) is 24.1 Å². The lowest BCUT2D eigenvalue weighted by molar-refractivity contribution is 0.209. The number of nitrogens with zero attached hydrogens (tertiary/aromatic N) is 2. The normalized spacial score (nSPS) is 9.88. The van der Waals surface area contributed by atoms with Crippen LogP contribution in [-0.2, 0) is 6.42 Å². The summed E-state index contributed by atoms with van der Waals surface area (Å²) < 4.78 is 0. The van der Waals surface area contributed by atoms with Crippen molar-refractivity contribution in [3.8, 4) is 0 Å². The highest BCUT2D eigenvalue weighted by atomic mass is 16.2. The molecule has 0 aliphatic heterocycles. The maximum Gasteiger partial charge on any atom is 0.317 e. The lowest BCUT2D eigenvalue weighted by Gasteiger charge is -2.17. The number of likely N-dealkylation sites (N-methyl/N-ethyl adjacent to an activating group) is 1. The Bertz CT molecular complexity index is 315. The number of hydrogen-bond acceptors (Lipinski definition) is 3. The summed E-state index contributed by atoms with van der Waals surface area (Å²) in [6.07, 6.45) is 4.34. The highest BCUT2D eigenvalue weighted by molar-refractivity contribution is 5.73. The van der Waals surface area contributed by atoms with E-state index in [1.165, 1.54) is 5.56 Å². The number of carbonyl (C=O) groups excluding carboxylic acids is 1. The van der Waals surface area contributed by atoms with Gasteiger partial charge in [-0.15, -0.1) is 0 Å². The van der Waals surface area contributed by atoms with E-state index < -0.39 is 0 Å². The van der Waals surface area contributed by atoms with Gasteiger partial charge in [0.15, 0.2) is 0 Å². The van der Waals surface area contributed by atoms with Gasteiger partial charge >= 0.3 is 6.03 Å². The fourth-order valence-corrected chi connectivity index (χ4v) is 1.26. The quantitative estimate of drug-likeness (QED) is 0.749. The second-order valence-corrected chi connectivity index (χ2v) is 3.55. The summed E-state index contributed by atoms with van der Waals surface area (Å²) in [6, 6.07) is 3.82. The van der Waals surface area contributed by atoms with Gasteiger partial charge in [0.2, 0.25) is 0 Å². The van der Waals surface area contributed by atoms with Crippen LogP contribution < -0.4 is 11.1 Å². The molecule has 0 saturated heterocycles. The first-order valence-electron chi connectivity index (χ1n) is 5.32. The average molecular weight is 222 g/mol. The molecular weight excluding hydrogens is 204 g/mol. The van der Waals surface area contributed by atoms with Gasteiger partial charge in [0.1, 0.15) is 0 Å². The van der Waals surface area contributed by atoms with E-state index in [1.807, 2.05) is 12.1 Å². The van der Waals surface area contributed by atoms with E-state index in [9.17, 15) is 4.79 Å². The molecule has 0 radical (unpaired) electrons. The number of nitrogens with one attached hydrogen (secondary N) is 1. The molecular formula is C11H18N4O. The van der Waals surface area contributed by atoms with Crippen molar-refractivity contribution in [1.82, 2.24) is 15.2 Å². The smallest absolute Gasteiger partial charge is 0.317 e. The molecule has 16 heavy (non-hydrogen) atoms. The molecule has 0 spiro atoms. The van der Waals surface area contributed by atoms with Crippen molar-refractivity contribution in [2.45, 2.75) is 6.42 Å². The third kappa shape index (κ3) is 4.27. The van der Waals surface area contributed by atoms with Gasteiger partial charge in [-0.3, -0.25) is 4.98 Å². The first-order chi connectivity index (χ1) is 7.74. The van der Waals surface area contributed by atoms with E-state index in [4.69, 9.17) is 5.73 Å². The topological polar surface area (TPSA) is 71.2 Å². The van der Waals surface area contributed by atoms with Crippen LogP contribution in [-0.4, -0.2) is 42.6 Å². The van der Waals surface area contributed by atoms with Crippen LogP contribution in [0, 0.1) is 0 Å². The van der Waals surface area contributed by atoms with Gasteiger partial charge in [-0.2, -0.15) is 0 Å². The number of aromatic nitrogens is 1. The number of carbonyl (C=O) groups is 1. The van der Waals surface area contributed by atoms with Crippen LogP contribution >= 0.6 is 0 Å². The number of nitrogens with two attached hydrogens (primary N) is 1. The van der Waals surface area contributed by atoms with Crippen LogP contribution in [0.4, 0.5) is 4.79 Å². The molecule has 0 fully saturated rings. The van der Waals surface area contributed by atoms with Gasteiger partial charge in [0, 0.05) is 39.1 Å². The third-order valence-corrected chi connectivity index (χ3v) is 2.25. The monoisotopic (exact) mass is 222 g/mol. The molecule has 5 heteroatoms. The molecule has 1 aromatic heterocycles. The molecule has 3 N–H and O–H groups in total. The van der Waals surface area contributed by atoms with Crippen LogP contribution in [0.5, 0.6) is 0 Å². The van der Waals surface area contributed by atoms with Crippen LogP contribution in [0.2, 0.25) is 0 Å². The van der Waals surface area contributed by atoms with Gasteiger partial charge in [0.25, 0.3) is 0 Å². The summed E-state index contributed by atoms with van der Waals surface area (Å²) in [7, 11) is 1.77. The first-order valence-corrected chi connectivity index (χ1v) is 5.32. The maximum atomic E-state index is 11.5. The zero-order chi connectivity index (χ0) is 11.8. The molecule has 0 aliphatic carbocycles. The summed E-state index contributed by atoms with van der Waals surface area (Å²) in [4.78, 5) is 17.1. The number of rotatable bonds is 5. The number of urea groups is 1. The third-order valence-electron chi connectivity index (χ3n) is 2.25. The minimum atomic E-state index is -0.0838. The van der Waals surface area contributed by atoms with Gasteiger partial charge in [0.05, 0.1) is 0 Å². The largest absolute Gasteiger partial charge is 0.337 e. The summed E-state index contributed by atoms with van der Waals surface area (Å²) in [5, 5.41) is 2.72. The van der Waals surface area contributed by atoms with Crippen molar-refractivity contribution < 1.29 is 4.79 Å². The number of amides is 2. The highest BCUT2D eigenvalue weighted by Gasteiger charge is 2.06. The van der Waals surface area contributed by atoms with Crippen molar-refractivity contribution in [2.75, 3.05) is 26.7 Å². The Morgan fingerprint density at radius 2 is 2.19 bits per heavy atom. The second kappa shape index (κ2) is 6.79. The van der Waals surface area contributed by atoms with Gasteiger partial charge < -0.3 is 16.0 Å². The molecule has 0 aromatic carbocycles. The summed E-state index contributed by atoms with van der Waals surface area (Å²) in [5.74, 6) is 0. The predicted molar refractivity (Wildman–Crippen MR) is 63.0 cm³/mol. The molecule has 5 nitrogen and oxygen atoms in total. The van der Waals surface area contributed by atoms with E-state index in [1.54, 1.807) is 24.3 Å². The maximum absolute atomic E-state index is 11.5. The molecule has 1 rings (SSSR count). The van der Waals surface area contributed by atoms with Crippen LogP contribution in [0.3, 0.4) is 0 Å². The van der Waals surface area contributed by atoms with Crippen molar-refractivity contribution in [3.63, 3.8) is 0 Å². The Morgan fingerprint density at radius 1 is 1.50 bits per heavy atom. The van der Waals surface area contributed by atoms with Crippen molar-refractivity contribution in [1.29, 1.82) is 0 Å². The Hall–Kier alpha value is -1.62. The molecule has 0 saturated carbocycles. The van der Waals surface area contributed by atoms with Crippen molar-refractivity contribution >= 4 is 6.03 Å². The van der Waals surface area contributed by atoms with Crippen LogP contribution in [0.1, 0.15) is 5.56 Å². The molecule has 1 heterocycles. The van der Waals surface area contributed by atoms with E-state index in [0.717, 1.165) is 6.42 Å². The summed E-state index contributed by atoms with van der Waals surface area (Å²) >= 11 is 0. The van der Waals surface area contributed by atoms with E-state index >= 15 is 0 Å². The molecule has 0 unspecified atom stereocenters. The Morgan fingerprint density at radius 3 is 2.81 bits per heavy atom. The van der Waals surface area contributed by atoms with Crippen molar-refractivity contribution in [3.05, 3.63) is 30.1 Å². The SMILES string of the molecule is CN(CCc1ccncc1)C(=O)NCCN. The van der Waals surface area contributed by atoms with E-state index in [-0.39, 0.29) is 6.03 Å². The van der Waals surface area contributed by atoms with Gasteiger partial charge in [-0.25, -0.2) is 4.79 Å². The first kappa shape index (κ1) is 12.4. The Balaban J connectivity index is 2.29. The fraction of sp³-hybridized carbons (Fsp3) is 0.455. The minimum Gasteiger partial charge on any atom is -0.337 e. The van der Waals surface area contributed by atoms with E-state index in [0.29, 0.717) is 19.6 Å². The standard InChI is InChI=1S/C11H18N4O/c1-15(11(16)14-8-5-12)9-4-10-2-6-13-7-3-10/h2-3,6-7H,4-5,8-9,12H2,1H3,(H,14,16). The highest BCUT2D eigenvalue weighted by Crippen LogP contribution is 1.98. The second-order valence-electron chi connectivity index (χ2n) is 3.55. The number of hydrogen-bond donors (Lipinski definition) is 2. The van der Waals surface area contributed by atoms with E-state index in [2.05, 4.69) is 10.3 Å². The molecule has 2 amide bonds. The van der Waals surface area contributed by atoms with Crippen molar-refractivity contribution in [2.24, 2.45) is 5.73 Å². The fourth-order valence-electron chi connectivity index (χ4n) is 1.26. The molecule has 0 aliphatic rings. The van der Waals surface area contributed by atoms with Gasteiger partial charge in [-0.1, -0.05) is 0 Å². The summed E-state index contributed by atoms with van der Waals surface area (Å²) in [6.45, 7) is 1.66. The zero-order valence-corrected chi connectivity index (χ0v) is 9.52. The Kier molecular flexibility index (Phi) is 5.28. The molecule has 88 valence electrons. The average Bonchev–Trinajstić information content (AvgIpc) is 2.34.